The second kappa shape index (κ2) is 40.3. The number of aliphatic hydroxyl groups excluding tert-OH is 1. The average Bonchev–Trinajstić information content (AvgIpc) is 3.09. The lowest BCUT2D eigenvalue weighted by Gasteiger charge is -2.15. The fourth-order valence-corrected chi connectivity index (χ4v) is 6.62. The molecule has 0 bridgehead atoms. The summed E-state index contributed by atoms with van der Waals surface area (Å²) < 4.78 is 10.6. The summed E-state index contributed by atoms with van der Waals surface area (Å²) in [6, 6.07) is 0. The Hall–Kier alpha value is -1.10. The minimum atomic E-state index is -0.761. The van der Waals surface area contributed by atoms with E-state index in [0.29, 0.717) is 12.8 Å². The van der Waals surface area contributed by atoms with Crippen molar-refractivity contribution in [1.29, 1.82) is 0 Å². The van der Waals surface area contributed by atoms with Gasteiger partial charge in [0, 0.05) is 12.8 Å². The van der Waals surface area contributed by atoms with Gasteiger partial charge in [-0.1, -0.05) is 219 Å². The van der Waals surface area contributed by atoms with E-state index in [1.807, 2.05) is 0 Å². The second-order valence-corrected chi connectivity index (χ2v) is 14.8. The van der Waals surface area contributed by atoms with Crippen molar-refractivity contribution in [2.24, 2.45) is 0 Å². The quantitative estimate of drug-likeness (QED) is 0.0515. The van der Waals surface area contributed by atoms with E-state index in [1.165, 1.54) is 186 Å². The van der Waals surface area contributed by atoms with E-state index >= 15 is 0 Å². The van der Waals surface area contributed by atoms with Crippen molar-refractivity contribution in [1.82, 2.24) is 0 Å². The first kappa shape index (κ1) is 46.9. The zero-order valence-corrected chi connectivity index (χ0v) is 32.5. The van der Waals surface area contributed by atoms with Crippen LogP contribution in [0.3, 0.4) is 0 Å². The Morgan fingerprint density at radius 2 is 0.646 bits per heavy atom. The molecule has 0 radical (unpaired) electrons. The Balaban J connectivity index is 3.47. The molecule has 0 amide bonds. The molecule has 0 rings (SSSR count). The first-order chi connectivity index (χ1) is 23.6. The lowest BCUT2D eigenvalue weighted by atomic mass is 10.0. The predicted octanol–water partition coefficient (Wildman–Crippen LogP) is 13.5. The maximum atomic E-state index is 12.2. The van der Waals surface area contributed by atoms with Crippen LogP contribution in [-0.2, 0) is 19.1 Å². The van der Waals surface area contributed by atoms with E-state index in [2.05, 4.69) is 13.8 Å². The van der Waals surface area contributed by atoms with Gasteiger partial charge in [0.2, 0.25) is 0 Å². The third-order valence-electron chi connectivity index (χ3n) is 9.90. The summed E-state index contributed by atoms with van der Waals surface area (Å²) in [6.07, 6.45) is 44.5. The van der Waals surface area contributed by atoms with Gasteiger partial charge in [-0.2, -0.15) is 0 Å². The molecule has 0 aliphatic heterocycles. The standard InChI is InChI=1S/C43H84O5/c1-3-5-7-9-11-13-15-17-19-21-23-25-27-29-31-33-35-37-42(45)47-40-41(39-44)48-43(46)38-36-34-32-30-28-26-24-22-20-18-16-14-12-10-8-6-4-2/h41,44H,3-40H2,1-2H3/t41-/m0/s1. The normalized spacial score (nSPS) is 12.0. The molecular formula is C43H84O5. The van der Waals surface area contributed by atoms with E-state index in [9.17, 15) is 14.7 Å². The van der Waals surface area contributed by atoms with E-state index in [0.717, 1.165) is 32.1 Å². The molecule has 0 aliphatic rings. The van der Waals surface area contributed by atoms with Gasteiger partial charge in [0.05, 0.1) is 6.61 Å². The van der Waals surface area contributed by atoms with Crippen molar-refractivity contribution in [3.05, 3.63) is 0 Å². The van der Waals surface area contributed by atoms with Gasteiger partial charge in [0.15, 0.2) is 6.10 Å². The van der Waals surface area contributed by atoms with Gasteiger partial charge in [0.1, 0.15) is 6.61 Å². The first-order valence-electron chi connectivity index (χ1n) is 21.6. The summed E-state index contributed by atoms with van der Waals surface area (Å²) in [4.78, 5) is 24.3. The number of carbonyl (C=O) groups is 2. The van der Waals surface area contributed by atoms with Crippen LogP contribution >= 0.6 is 0 Å². The van der Waals surface area contributed by atoms with Gasteiger partial charge in [0.25, 0.3) is 0 Å². The van der Waals surface area contributed by atoms with Gasteiger partial charge in [-0.15, -0.1) is 0 Å². The van der Waals surface area contributed by atoms with Crippen LogP contribution in [0.5, 0.6) is 0 Å². The molecule has 0 fully saturated rings. The van der Waals surface area contributed by atoms with Crippen LogP contribution in [0, 0.1) is 0 Å². The number of hydrogen-bond donors (Lipinski definition) is 1. The van der Waals surface area contributed by atoms with Crippen LogP contribution in [0.4, 0.5) is 0 Å². The van der Waals surface area contributed by atoms with Crippen LogP contribution in [-0.4, -0.2) is 36.4 Å². The number of unbranched alkanes of at least 4 members (excludes halogenated alkanes) is 32. The summed E-state index contributed by atoms with van der Waals surface area (Å²) in [5.41, 5.74) is 0. The highest BCUT2D eigenvalue weighted by Crippen LogP contribution is 2.16. The smallest absolute Gasteiger partial charge is 0.306 e. The zero-order chi connectivity index (χ0) is 35.0. The molecule has 1 atom stereocenters. The number of ether oxygens (including phenoxy) is 2. The lowest BCUT2D eigenvalue weighted by molar-refractivity contribution is -0.161. The van der Waals surface area contributed by atoms with E-state index < -0.39 is 6.10 Å². The highest BCUT2D eigenvalue weighted by Gasteiger charge is 2.16. The molecule has 0 aliphatic carbocycles. The largest absolute Gasteiger partial charge is 0.462 e. The number of aliphatic hydroxyl groups is 1. The maximum Gasteiger partial charge on any atom is 0.306 e. The SMILES string of the molecule is CCCCCCCCCCCCCCCCCCCC(=O)OC[C@H](CO)OC(=O)CCCCCCCCCCCCCCCCCCC. The van der Waals surface area contributed by atoms with Crippen LogP contribution in [0.25, 0.3) is 0 Å². The van der Waals surface area contributed by atoms with Gasteiger partial charge in [-0.3, -0.25) is 9.59 Å². The summed E-state index contributed by atoms with van der Waals surface area (Å²) in [6.45, 7) is 4.18. The third kappa shape index (κ3) is 37.7. The molecule has 0 spiro atoms. The maximum absolute atomic E-state index is 12.2. The third-order valence-corrected chi connectivity index (χ3v) is 9.90. The summed E-state index contributed by atoms with van der Waals surface area (Å²) in [5.74, 6) is -0.571. The average molecular weight is 681 g/mol. The van der Waals surface area contributed by atoms with Crippen LogP contribution in [0.1, 0.15) is 245 Å². The van der Waals surface area contributed by atoms with Gasteiger partial charge < -0.3 is 14.6 Å². The van der Waals surface area contributed by atoms with Gasteiger partial charge in [-0.05, 0) is 12.8 Å². The van der Waals surface area contributed by atoms with Gasteiger partial charge in [-0.25, -0.2) is 0 Å². The fraction of sp³-hybridized carbons (Fsp3) is 0.953. The summed E-state index contributed by atoms with van der Waals surface area (Å²) in [7, 11) is 0. The topological polar surface area (TPSA) is 72.8 Å². The number of carbonyl (C=O) groups excluding carboxylic acids is 2. The Kier molecular flexibility index (Phi) is 39.4. The van der Waals surface area contributed by atoms with E-state index in [1.54, 1.807) is 0 Å². The van der Waals surface area contributed by atoms with Crippen molar-refractivity contribution >= 4 is 11.9 Å². The molecule has 0 unspecified atom stereocenters. The molecule has 0 aromatic carbocycles. The Bertz CT molecular complexity index is 651. The Morgan fingerprint density at radius 3 is 0.917 bits per heavy atom. The minimum absolute atomic E-state index is 0.0565. The van der Waals surface area contributed by atoms with Crippen molar-refractivity contribution in [2.45, 2.75) is 251 Å². The highest BCUT2D eigenvalue weighted by atomic mass is 16.6. The second-order valence-electron chi connectivity index (χ2n) is 14.8. The van der Waals surface area contributed by atoms with Crippen molar-refractivity contribution in [3.63, 3.8) is 0 Å². The highest BCUT2D eigenvalue weighted by molar-refractivity contribution is 5.70. The summed E-state index contributed by atoms with van der Waals surface area (Å²) in [5, 5.41) is 9.57. The van der Waals surface area contributed by atoms with Crippen LogP contribution in [0.2, 0.25) is 0 Å². The number of hydrogen-bond acceptors (Lipinski definition) is 5. The molecule has 5 heteroatoms. The molecule has 5 nitrogen and oxygen atoms in total. The zero-order valence-electron chi connectivity index (χ0n) is 32.5. The fourth-order valence-electron chi connectivity index (χ4n) is 6.62. The molecule has 286 valence electrons. The predicted molar refractivity (Wildman–Crippen MR) is 205 cm³/mol. The molecule has 1 N–H and O–H groups in total. The molecule has 0 heterocycles. The Morgan fingerprint density at radius 1 is 0.396 bits per heavy atom. The number of esters is 2. The molecule has 0 aromatic rings. The lowest BCUT2D eigenvalue weighted by Crippen LogP contribution is -2.28. The Labute approximate surface area is 299 Å². The van der Waals surface area contributed by atoms with Crippen molar-refractivity contribution < 1.29 is 24.2 Å². The molecule has 0 saturated carbocycles. The van der Waals surface area contributed by atoms with Gasteiger partial charge >= 0.3 is 11.9 Å². The molecule has 0 aromatic heterocycles. The molecule has 48 heavy (non-hydrogen) atoms. The van der Waals surface area contributed by atoms with E-state index in [-0.39, 0.29) is 25.2 Å². The summed E-state index contributed by atoms with van der Waals surface area (Å²) >= 11 is 0. The minimum Gasteiger partial charge on any atom is -0.462 e. The first-order valence-corrected chi connectivity index (χ1v) is 21.6. The monoisotopic (exact) mass is 681 g/mol. The molecular weight excluding hydrogens is 596 g/mol. The van der Waals surface area contributed by atoms with Crippen molar-refractivity contribution in [3.8, 4) is 0 Å². The van der Waals surface area contributed by atoms with Crippen LogP contribution in [0.15, 0.2) is 0 Å². The molecule has 0 saturated heterocycles. The van der Waals surface area contributed by atoms with Crippen molar-refractivity contribution in [2.75, 3.05) is 13.2 Å². The van der Waals surface area contributed by atoms with E-state index in [4.69, 9.17) is 9.47 Å². The number of rotatable bonds is 40. The van der Waals surface area contributed by atoms with Crippen LogP contribution < -0.4 is 0 Å².